The number of hydrogen-bond acceptors (Lipinski definition) is 4. The average Bonchev–Trinajstić information content (AvgIpc) is 2.24. The maximum Gasteiger partial charge on any atom is 0.334 e. The minimum atomic E-state index is -2.95. The van der Waals surface area contributed by atoms with E-state index in [0.717, 1.165) is 25.8 Å². The third-order valence-corrected chi connectivity index (χ3v) is 5.08. The molecular weight excluding hydrogens is 237 g/mol. The van der Waals surface area contributed by atoms with Gasteiger partial charge in [0.15, 0.2) is 0 Å². The van der Waals surface area contributed by atoms with E-state index in [1.807, 2.05) is 32.8 Å². The summed E-state index contributed by atoms with van der Waals surface area (Å²) in [5, 5.41) is 0. The highest BCUT2D eigenvalue weighted by atomic mass is 31.2. The number of hydrogen-bond donors (Lipinski definition) is 0. The summed E-state index contributed by atoms with van der Waals surface area (Å²) in [6.45, 7) is 7.48. The van der Waals surface area contributed by atoms with Gasteiger partial charge in [0.05, 0.1) is 18.9 Å². The van der Waals surface area contributed by atoms with Gasteiger partial charge in [0.2, 0.25) is 0 Å². The van der Waals surface area contributed by atoms with Crippen molar-refractivity contribution >= 4 is 7.60 Å². The van der Waals surface area contributed by atoms with Crippen LogP contribution in [-0.4, -0.2) is 44.4 Å². The Bertz CT molecular complexity index is 224. The molecule has 0 aromatic carbocycles. The lowest BCUT2D eigenvalue weighted by atomic mass is 10.2. The van der Waals surface area contributed by atoms with E-state index in [4.69, 9.17) is 9.05 Å². The molecule has 0 spiro atoms. The second-order valence-electron chi connectivity index (χ2n) is 4.43. The van der Waals surface area contributed by atoms with Crippen molar-refractivity contribution in [1.82, 2.24) is 4.90 Å². The smallest absolute Gasteiger partial charge is 0.309 e. The van der Waals surface area contributed by atoms with Crippen LogP contribution in [0.3, 0.4) is 0 Å². The molecule has 0 N–H and O–H groups in total. The van der Waals surface area contributed by atoms with Crippen molar-refractivity contribution in [2.45, 2.75) is 45.7 Å². The van der Waals surface area contributed by atoms with Crippen LogP contribution in [0.2, 0.25) is 0 Å². The molecular formula is C12H28NO3P. The van der Waals surface area contributed by atoms with Gasteiger partial charge >= 0.3 is 7.60 Å². The van der Waals surface area contributed by atoms with Gasteiger partial charge < -0.3 is 13.9 Å². The highest BCUT2D eigenvalue weighted by Gasteiger charge is 2.35. The summed E-state index contributed by atoms with van der Waals surface area (Å²) in [4.78, 5) is 2.05. The van der Waals surface area contributed by atoms with Crippen LogP contribution in [0.5, 0.6) is 0 Å². The van der Waals surface area contributed by atoms with Crippen LogP contribution in [0.4, 0.5) is 0 Å². The van der Waals surface area contributed by atoms with Crippen molar-refractivity contribution in [3.63, 3.8) is 0 Å². The van der Waals surface area contributed by atoms with Gasteiger partial charge in [0.1, 0.15) is 0 Å². The molecule has 0 bridgehead atoms. The van der Waals surface area contributed by atoms with Crippen LogP contribution in [0.1, 0.15) is 40.0 Å². The molecule has 0 radical (unpaired) electrons. The van der Waals surface area contributed by atoms with Gasteiger partial charge in [0, 0.05) is 6.54 Å². The number of rotatable bonds is 10. The molecule has 0 aromatic heterocycles. The average molecular weight is 265 g/mol. The fourth-order valence-corrected chi connectivity index (χ4v) is 4.06. The SMILES string of the molecule is CCCCC(CN(C)C)P(=O)(OCC)OCC. The molecule has 1 unspecified atom stereocenters. The standard InChI is InChI=1S/C12H28NO3P/c1-6-9-10-12(11-13(4)5)17(14,15-7-2)16-8-3/h12H,6-11H2,1-5H3. The van der Waals surface area contributed by atoms with E-state index in [0.29, 0.717) is 13.2 Å². The van der Waals surface area contributed by atoms with Gasteiger partial charge in [-0.3, -0.25) is 4.57 Å². The second kappa shape index (κ2) is 9.09. The summed E-state index contributed by atoms with van der Waals surface area (Å²) in [7, 11) is 1.02. The van der Waals surface area contributed by atoms with Crippen molar-refractivity contribution in [3.8, 4) is 0 Å². The lowest BCUT2D eigenvalue weighted by molar-refractivity contribution is 0.203. The van der Waals surface area contributed by atoms with Gasteiger partial charge in [0.25, 0.3) is 0 Å². The Morgan fingerprint density at radius 3 is 2.00 bits per heavy atom. The predicted octanol–water partition coefficient (Wildman–Crippen LogP) is 3.37. The zero-order chi connectivity index (χ0) is 13.3. The van der Waals surface area contributed by atoms with Crippen LogP contribution in [-0.2, 0) is 13.6 Å². The second-order valence-corrected chi connectivity index (χ2v) is 6.76. The molecule has 104 valence electrons. The summed E-state index contributed by atoms with van der Waals surface area (Å²) < 4.78 is 23.6. The Labute approximate surface area is 106 Å². The first-order valence-corrected chi connectivity index (χ1v) is 8.14. The van der Waals surface area contributed by atoms with E-state index in [2.05, 4.69) is 6.92 Å². The quantitative estimate of drug-likeness (QED) is 0.568. The van der Waals surface area contributed by atoms with Gasteiger partial charge in [-0.05, 0) is 34.4 Å². The number of nitrogens with zero attached hydrogens (tertiary/aromatic N) is 1. The zero-order valence-corrected chi connectivity index (χ0v) is 12.8. The van der Waals surface area contributed by atoms with Crippen LogP contribution in [0.25, 0.3) is 0 Å². The van der Waals surface area contributed by atoms with E-state index in [1.54, 1.807) is 0 Å². The van der Waals surface area contributed by atoms with E-state index in [1.165, 1.54) is 0 Å². The van der Waals surface area contributed by atoms with Crippen molar-refractivity contribution in [2.75, 3.05) is 33.9 Å². The Hall–Kier alpha value is 0.110. The first kappa shape index (κ1) is 17.1. The first-order chi connectivity index (χ1) is 8.00. The van der Waals surface area contributed by atoms with E-state index < -0.39 is 7.60 Å². The van der Waals surface area contributed by atoms with Crippen molar-refractivity contribution in [2.24, 2.45) is 0 Å². The fourth-order valence-electron chi connectivity index (χ4n) is 1.82. The maximum absolute atomic E-state index is 12.7. The summed E-state index contributed by atoms with van der Waals surface area (Å²) >= 11 is 0. The van der Waals surface area contributed by atoms with Gasteiger partial charge in [-0.1, -0.05) is 19.8 Å². The maximum atomic E-state index is 12.7. The molecule has 0 aliphatic carbocycles. The van der Waals surface area contributed by atoms with Crippen molar-refractivity contribution < 1.29 is 13.6 Å². The Morgan fingerprint density at radius 1 is 1.12 bits per heavy atom. The highest BCUT2D eigenvalue weighted by molar-refractivity contribution is 7.54. The minimum Gasteiger partial charge on any atom is -0.309 e. The van der Waals surface area contributed by atoms with Gasteiger partial charge in [-0.25, -0.2) is 0 Å². The van der Waals surface area contributed by atoms with Gasteiger partial charge in [-0.15, -0.1) is 0 Å². The van der Waals surface area contributed by atoms with E-state index >= 15 is 0 Å². The lowest BCUT2D eigenvalue weighted by Crippen LogP contribution is -2.27. The van der Waals surface area contributed by atoms with Gasteiger partial charge in [-0.2, -0.15) is 0 Å². The Kier molecular flexibility index (Phi) is 9.15. The molecule has 4 nitrogen and oxygen atoms in total. The molecule has 0 aromatic rings. The topological polar surface area (TPSA) is 38.8 Å². The van der Waals surface area contributed by atoms with E-state index in [9.17, 15) is 4.57 Å². The first-order valence-electron chi connectivity index (χ1n) is 6.53. The third-order valence-electron chi connectivity index (χ3n) is 2.53. The minimum absolute atomic E-state index is 0.0163. The van der Waals surface area contributed by atoms with Crippen molar-refractivity contribution in [3.05, 3.63) is 0 Å². The van der Waals surface area contributed by atoms with Crippen LogP contribution >= 0.6 is 7.60 Å². The molecule has 0 saturated carbocycles. The molecule has 0 aliphatic heterocycles. The molecule has 0 heterocycles. The molecule has 5 heteroatoms. The predicted molar refractivity (Wildman–Crippen MR) is 72.7 cm³/mol. The Balaban J connectivity index is 4.72. The van der Waals surface area contributed by atoms with E-state index in [-0.39, 0.29) is 5.66 Å². The summed E-state index contributed by atoms with van der Waals surface area (Å²) in [5.74, 6) is 0. The monoisotopic (exact) mass is 265 g/mol. The van der Waals surface area contributed by atoms with Crippen molar-refractivity contribution in [1.29, 1.82) is 0 Å². The summed E-state index contributed by atoms with van der Waals surface area (Å²) in [5.41, 5.74) is -0.0163. The van der Waals surface area contributed by atoms with Crippen LogP contribution in [0.15, 0.2) is 0 Å². The normalized spacial score (nSPS) is 14.2. The lowest BCUT2D eigenvalue weighted by Gasteiger charge is -2.28. The molecule has 0 aliphatic rings. The number of unbranched alkanes of at least 4 members (excludes halogenated alkanes) is 1. The largest absolute Gasteiger partial charge is 0.334 e. The molecule has 0 amide bonds. The van der Waals surface area contributed by atoms with Crippen LogP contribution < -0.4 is 0 Å². The molecule has 1 atom stereocenters. The van der Waals surface area contributed by atoms with Crippen LogP contribution in [0, 0.1) is 0 Å². The molecule has 0 rings (SSSR count). The molecule has 17 heavy (non-hydrogen) atoms. The Morgan fingerprint density at radius 2 is 1.65 bits per heavy atom. The zero-order valence-electron chi connectivity index (χ0n) is 11.9. The molecule has 0 fully saturated rings. The summed E-state index contributed by atoms with van der Waals surface area (Å²) in [6, 6.07) is 0. The fraction of sp³-hybridized carbons (Fsp3) is 1.00. The molecule has 0 saturated heterocycles. The third kappa shape index (κ3) is 6.56. The summed E-state index contributed by atoms with van der Waals surface area (Å²) in [6.07, 6.45) is 3.05. The highest BCUT2D eigenvalue weighted by Crippen LogP contribution is 2.54.